The Balaban J connectivity index is 1.41. The SMILES string of the molecule is Cc1cccc(NC(=O)OCC2=CC=C(NC(=O)C(CCCNC(N)=O)NC(=O)CNC(=O)CCCCCN3C(=O)C=CC3=O)CC2)c1. The Morgan fingerprint density at radius 3 is 2.38 bits per heavy atom. The molecule has 8 amide bonds. The summed E-state index contributed by atoms with van der Waals surface area (Å²) in [6.45, 7) is 2.15. The third kappa shape index (κ3) is 13.5. The van der Waals surface area contributed by atoms with Gasteiger partial charge in [-0.1, -0.05) is 24.6 Å². The van der Waals surface area contributed by atoms with Crippen molar-refractivity contribution in [3.63, 3.8) is 0 Å². The highest BCUT2D eigenvalue weighted by atomic mass is 16.5. The van der Waals surface area contributed by atoms with Crippen molar-refractivity contribution in [1.82, 2.24) is 26.2 Å². The number of urea groups is 1. The molecule has 258 valence electrons. The fourth-order valence-electron chi connectivity index (χ4n) is 4.87. The number of imide groups is 1. The second-order valence-corrected chi connectivity index (χ2v) is 11.4. The second kappa shape index (κ2) is 19.3. The van der Waals surface area contributed by atoms with Crippen LogP contribution in [-0.4, -0.2) is 78.8 Å². The van der Waals surface area contributed by atoms with E-state index in [-0.39, 0.29) is 56.8 Å². The lowest BCUT2D eigenvalue weighted by Crippen LogP contribution is -2.49. The number of hydrogen-bond donors (Lipinski definition) is 6. The average molecular weight is 666 g/mol. The third-order valence-corrected chi connectivity index (χ3v) is 7.43. The molecule has 0 fully saturated rings. The molecule has 1 aliphatic heterocycles. The molecule has 0 aromatic heterocycles. The summed E-state index contributed by atoms with van der Waals surface area (Å²) in [6.07, 6.45) is 8.75. The highest BCUT2D eigenvalue weighted by molar-refractivity contribution is 6.12. The molecular formula is C33H43N7O8. The fourth-order valence-corrected chi connectivity index (χ4v) is 4.87. The van der Waals surface area contributed by atoms with E-state index in [4.69, 9.17) is 10.5 Å². The van der Waals surface area contributed by atoms with Gasteiger partial charge in [0.1, 0.15) is 12.6 Å². The molecule has 7 N–H and O–H groups in total. The largest absolute Gasteiger partial charge is 0.445 e. The van der Waals surface area contributed by atoms with Gasteiger partial charge in [-0.25, -0.2) is 9.59 Å². The number of amides is 8. The Morgan fingerprint density at radius 1 is 0.917 bits per heavy atom. The van der Waals surface area contributed by atoms with Gasteiger partial charge in [-0.2, -0.15) is 0 Å². The Labute approximate surface area is 278 Å². The topological polar surface area (TPSA) is 218 Å². The number of allylic oxidation sites excluding steroid dienone is 3. The van der Waals surface area contributed by atoms with Crippen molar-refractivity contribution in [2.75, 3.05) is 31.6 Å². The van der Waals surface area contributed by atoms with Crippen LogP contribution in [0.4, 0.5) is 15.3 Å². The summed E-state index contributed by atoms with van der Waals surface area (Å²) in [6, 6.07) is 5.69. The van der Waals surface area contributed by atoms with Gasteiger partial charge in [-0.3, -0.25) is 34.2 Å². The van der Waals surface area contributed by atoms with Crippen LogP contribution in [0.15, 0.2) is 59.8 Å². The molecule has 1 atom stereocenters. The molecule has 1 aromatic rings. The molecule has 1 aromatic carbocycles. The fraction of sp³-hybridized carbons (Fsp3) is 0.424. The number of primary amides is 1. The van der Waals surface area contributed by atoms with Gasteiger partial charge in [-0.05, 0) is 74.8 Å². The number of ether oxygens (including phenoxy) is 1. The normalized spacial score (nSPS) is 14.4. The summed E-state index contributed by atoms with van der Waals surface area (Å²) in [5, 5.41) is 13.1. The van der Waals surface area contributed by atoms with Gasteiger partial charge in [0.15, 0.2) is 0 Å². The van der Waals surface area contributed by atoms with E-state index >= 15 is 0 Å². The quantitative estimate of drug-likeness (QED) is 0.100. The van der Waals surface area contributed by atoms with Crippen molar-refractivity contribution < 1.29 is 38.3 Å². The maximum atomic E-state index is 13.1. The number of aryl methyl sites for hydroxylation is 1. The van der Waals surface area contributed by atoms with Crippen LogP contribution in [0.2, 0.25) is 0 Å². The zero-order valence-electron chi connectivity index (χ0n) is 27.0. The van der Waals surface area contributed by atoms with Crippen LogP contribution in [0.25, 0.3) is 0 Å². The zero-order valence-corrected chi connectivity index (χ0v) is 27.0. The third-order valence-electron chi connectivity index (χ3n) is 7.43. The first-order chi connectivity index (χ1) is 23.0. The second-order valence-electron chi connectivity index (χ2n) is 11.4. The Morgan fingerprint density at radius 2 is 1.69 bits per heavy atom. The van der Waals surface area contributed by atoms with Crippen LogP contribution < -0.4 is 32.3 Å². The maximum Gasteiger partial charge on any atom is 0.411 e. The van der Waals surface area contributed by atoms with E-state index in [0.29, 0.717) is 49.9 Å². The molecule has 0 radical (unpaired) electrons. The number of unbranched alkanes of at least 4 members (excludes halogenated alkanes) is 2. The first-order valence-electron chi connectivity index (χ1n) is 15.8. The van der Waals surface area contributed by atoms with Gasteiger partial charge < -0.3 is 31.7 Å². The summed E-state index contributed by atoms with van der Waals surface area (Å²) >= 11 is 0. The van der Waals surface area contributed by atoms with E-state index in [9.17, 15) is 33.6 Å². The van der Waals surface area contributed by atoms with E-state index in [2.05, 4.69) is 26.6 Å². The van der Waals surface area contributed by atoms with Crippen molar-refractivity contribution in [1.29, 1.82) is 0 Å². The number of nitrogens with zero attached hydrogens (tertiary/aromatic N) is 1. The summed E-state index contributed by atoms with van der Waals surface area (Å²) in [5.41, 5.74) is 8.22. The summed E-state index contributed by atoms with van der Waals surface area (Å²) in [7, 11) is 0. The lowest BCUT2D eigenvalue weighted by molar-refractivity contribution is -0.137. The summed E-state index contributed by atoms with van der Waals surface area (Å²) in [5.74, 6) is -2.06. The minimum Gasteiger partial charge on any atom is -0.445 e. The standard InChI is InChI=1S/C33H43N7O8/c1-22-7-5-8-25(19-22)38-33(47)48-21-23-11-13-24(14-12-23)37-31(45)26(9-6-17-35-32(34)46)39-28(42)20-36-27(41)10-3-2-4-18-40-29(43)15-16-30(40)44/h5,7-8,11,13,15-16,19,26H,2-4,6,9-10,12,14,17-18,20-21H2,1H3,(H,36,41)(H,37,45)(H,38,47)(H,39,42)(H3,34,35,46). The minimum atomic E-state index is -0.950. The Hall–Kier alpha value is -5.47. The molecule has 15 nitrogen and oxygen atoms in total. The van der Waals surface area contributed by atoms with Crippen LogP contribution in [0, 0.1) is 6.92 Å². The number of carbonyl (C=O) groups is 7. The van der Waals surface area contributed by atoms with E-state index in [0.717, 1.165) is 16.0 Å². The van der Waals surface area contributed by atoms with Gasteiger partial charge in [0, 0.05) is 43.0 Å². The summed E-state index contributed by atoms with van der Waals surface area (Å²) in [4.78, 5) is 85.5. The van der Waals surface area contributed by atoms with Crippen molar-refractivity contribution in [3.05, 3.63) is 65.4 Å². The number of benzene rings is 1. The van der Waals surface area contributed by atoms with Crippen LogP contribution in [0.3, 0.4) is 0 Å². The number of carbonyl (C=O) groups excluding carboxylic acids is 7. The van der Waals surface area contributed by atoms with E-state index in [1.807, 2.05) is 25.1 Å². The molecule has 15 heteroatoms. The van der Waals surface area contributed by atoms with E-state index in [1.54, 1.807) is 18.2 Å². The molecule has 0 bridgehead atoms. The minimum absolute atomic E-state index is 0.0883. The molecular weight excluding hydrogens is 622 g/mol. The predicted molar refractivity (Wildman–Crippen MR) is 176 cm³/mol. The monoisotopic (exact) mass is 665 g/mol. The lowest BCUT2D eigenvalue weighted by atomic mass is 10.0. The van der Waals surface area contributed by atoms with Crippen molar-refractivity contribution in [2.45, 2.75) is 64.3 Å². The maximum absolute atomic E-state index is 13.1. The molecule has 0 spiro atoms. The first kappa shape index (κ1) is 37.0. The van der Waals surface area contributed by atoms with Gasteiger partial charge in [0.25, 0.3) is 11.8 Å². The number of rotatable bonds is 18. The Kier molecular flexibility index (Phi) is 14.8. The van der Waals surface area contributed by atoms with E-state index in [1.165, 1.54) is 12.2 Å². The van der Waals surface area contributed by atoms with Gasteiger partial charge in [0.05, 0.1) is 6.54 Å². The average Bonchev–Trinajstić information content (AvgIpc) is 3.37. The molecule has 48 heavy (non-hydrogen) atoms. The zero-order chi connectivity index (χ0) is 34.9. The highest BCUT2D eigenvalue weighted by Crippen LogP contribution is 2.18. The van der Waals surface area contributed by atoms with Crippen LogP contribution in [-0.2, 0) is 28.7 Å². The van der Waals surface area contributed by atoms with E-state index < -0.39 is 30.0 Å². The molecule has 0 saturated heterocycles. The Bertz CT molecular complexity index is 1450. The molecule has 2 aliphatic rings. The van der Waals surface area contributed by atoms with Gasteiger partial charge in [-0.15, -0.1) is 0 Å². The number of nitrogens with one attached hydrogen (secondary N) is 5. The molecule has 3 rings (SSSR count). The number of anilines is 1. The first-order valence-corrected chi connectivity index (χ1v) is 15.8. The number of nitrogens with two attached hydrogens (primary N) is 1. The number of hydrogen-bond acceptors (Lipinski definition) is 8. The summed E-state index contributed by atoms with van der Waals surface area (Å²) < 4.78 is 5.32. The molecule has 0 saturated carbocycles. The van der Waals surface area contributed by atoms with Crippen molar-refractivity contribution in [2.24, 2.45) is 5.73 Å². The lowest BCUT2D eigenvalue weighted by Gasteiger charge is -2.21. The van der Waals surface area contributed by atoms with Crippen molar-refractivity contribution in [3.8, 4) is 0 Å². The smallest absolute Gasteiger partial charge is 0.411 e. The van der Waals surface area contributed by atoms with Crippen LogP contribution in [0.1, 0.15) is 56.9 Å². The highest BCUT2D eigenvalue weighted by Gasteiger charge is 2.23. The molecule has 1 aliphatic carbocycles. The molecule has 1 unspecified atom stereocenters. The van der Waals surface area contributed by atoms with Crippen LogP contribution in [0.5, 0.6) is 0 Å². The molecule has 1 heterocycles. The van der Waals surface area contributed by atoms with Crippen molar-refractivity contribution >= 4 is 47.3 Å². The van der Waals surface area contributed by atoms with Gasteiger partial charge in [0.2, 0.25) is 17.7 Å². The van der Waals surface area contributed by atoms with Crippen LogP contribution >= 0.6 is 0 Å². The van der Waals surface area contributed by atoms with Gasteiger partial charge >= 0.3 is 12.1 Å². The predicted octanol–water partition coefficient (Wildman–Crippen LogP) is 1.80.